The molecule has 3 rings (SSSR count). The molecule has 1 saturated carbocycles. The topological polar surface area (TPSA) is 26.3 Å². The number of benzene rings is 2. The molecule has 1 fully saturated rings. The summed E-state index contributed by atoms with van der Waals surface area (Å²) in [7, 11) is 0. The highest BCUT2D eigenvalue weighted by molar-refractivity contribution is 6.32. The van der Waals surface area contributed by atoms with Gasteiger partial charge in [0.05, 0.1) is 11.1 Å². The average Bonchev–Trinajstić information content (AvgIpc) is 3.24. The Bertz CT molecular complexity index is 666. The minimum atomic E-state index is -0.445. The number of rotatable bonds is 4. The molecular weight excluding hydrogens is 279 g/mol. The second kappa shape index (κ2) is 5.25. The fourth-order valence-corrected chi connectivity index (χ4v) is 2.21. The van der Waals surface area contributed by atoms with E-state index in [9.17, 15) is 9.18 Å². The predicted octanol–water partition coefficient (Wildman–Crippen LogP) is 4.50. The second-order valence-electron chi connectivity index (χ2n) is 4.85. The lowest BCUT2D eigenvalue weighted by Gasteiger charge is -2.09. The molecule has 2 aromatic carbocycles. The molecule has 0 spiro atoms. The van der Waals surface area contributed by atoms with Gasteiger partial charge in [0, 0.05) is 5.56 Å². The summed E-state index contributed by atoms with van der Waals surface area (Å²) in [5.74, 6) is 0.198. The highest BCUT2D eigenvalue weighted by Gasteiger charge is 2.24. The van der Waals surface area contributed by atoms with Crippen LogP contribution in [-0.4, -0.2) is 12.4 Å². The monoisotopic (exact) mass is 290 g/mol. The van der Waals surface area contributed by atoms with Crippen LogP contribution in [0.3, 0.4) is 0 Å². The Morgan fingerprint density at radius 3 is 2.60 bits per heavy atom. The molecule has 0 aromatic heterocycles. The number of hydrogen-bond donors (Lipinski definition) is 0. The van der Waals surface area contributed by atoms with Crippen LogP contribution in [0.1, 0.15) is 23.2 Å². The summed E-state index contributed by atoms with van der Waals surface area (Å²) >= 11 is 6.18. The number of carbonyl (C=O) groups is 1. The van der Waals surface area contributed by atoms with Crippen LogP contribution < -0.4 is 4.74 Å². The lowest BCUT2D eigenvalue weighted by Crippen LogP contribution is -1.96. The quantitative estimate of drug-likeness (QED) is 0.775. The Hall–Kier alpha value is -1.87. The predicted molar refractivity (Wildman–Crippen MR) is 75.9 cm³/mol. The third-order valence-corrected chi connectivity index (χ3v) is 3.43. The van der Waals surface area contributed by atoms with E-state index in [0.29, 0.717) is 28.2 Å². The summed E-state index contributed by atoms with van der Waals surface area (Å²) in [6, 6.07) is 9.52. The first-order valence-corrected chi connectivity index (χ1v) is 6.76. The molecule has 0 bridgehead atoms. The molecule has 2 nitrogen and oxygen atoms in total. The highest BCUT2D eigenvalue weighted by Crippen LogP contribution is 2.35. The molecule has 0 saturated heterocycles. The molecule has 1 aliphatic rings. The number of hydrogen-bond acceptors (Lipinski definition) is 2. The van der Waals surface area contributed by atoms with Crippen molar-refractivity contribution in [3.63, 3.8) is 0 Å². The van der Waals surface area contributed by atoms with Crippen LogP contribution in [0.25, 0.3) is 11.1 Å². The summed E-state index contributed by atoms with van der Waals surface area (Å²) in [5.41, 5.74) is 1.67. The third kappa shape index (κ3) is 2.83. The Balaban J connectivity index is 1.95. The van der Waals surface area contributed by atoms with Gasteiger partial charge in [-0.15, -0.1) is 0 Å². The molecule has 1 aliphatic carbocycles. The molecule has 0 unspecified atom stereocenters. The lowest BCUT2D eigenvalue weighted by atomic mass is 10.0. The Kier molecular flexibility index (Phi) is 3.45. The van der Waals surface area contributed by atoms with Gasteiger partial charge in [0.2, 0.25) is 0 Å². The van der Waals surface area contributed by atoms with Gasteiger partial charge in [0.25, 0.3) is 0 Å². The third-order valence-electron chi connectivity index (χ3n) is 3.14. The van der Waals surface area contributed by atoms with Crippen molar-refractivity contribution in [2.24, 2.45) is 0 Å². The Morgan fingerprint density at radius 1 is 1.15 bits per heavy atom. The van der Waals surface area contributed by atoms with Gasteiger partial charge < -0.3 is 4.74 Å². The van der Waals surface area contributed by atoms with E-state index in [2.05, 4.69) is 0 Å². The standard InChI is InChI=1S/C16H12ClFO2/c17-15-8-11(1-4-16(15)20-14-2-3-14)12-5-10(9-19)6-13(18)7-12/h1,4-9,14H,2-3H2. The smallest absolute Gasteiger partial charge is 0.150 e. The van der Waals surface area contributed by atoms with Crippen molar-refractivity contribution in [3.8, 4) is 16.9 Å². The van der Waals surface area contributed by atoms with Crippen LogP contribution in [0.4, 0.5) is 4.39 Å². The fourth-order valence-electron chi connectivity index (χ4n) is 1.99. The van der Waals surface area contributed by atoms with Crippen LogP contribution in [0.2, 0.25) is 5.02 Å². The van der Waals surface area contributed by atoms with Crippen molar-refractivity contribution in [3.05, 3.63) is 52.8 Å². The van der Waals surface area contributed by atoms with E-state index >= 15 is 0 Å². The first kappa shape index (κ1) is 13.1. The summed E-state index contributed by atoms with van der Waals surface area (Å²) in [6.07, 6.45) is 3.02. The van der Waals surface area contributed by atoms with Crippen LogP contribution in [0.5, 0.6) is 5.75 Å². The first-order valence-electron chi connectivity index (χ1n) is 6.38. The van der Waals surface area contributed by atoms with Crippen molar-refractivity contribution in [2.45, 2.75) is 18.9 Å². The van der Waals surface area contributed by atoms with E-state index < -0.39 is 5.82 Å². The molecule has 0 N–H and O–H groups in total. The van der Waals surface area contributed by atoms with Gasteiger partial charge in [-0.2, -0.15) is 0 Å². The van der Waals surface area contributed by atoms with E-state index in [1.807, 2.05) is 6.07 Å². The molecule has 0 aliphatic heterocycles. The Morgan fingerprint density at radius 2 is 1.95 bits per heavy atom. The fraction of sp³-hybridized carbons (Fsp3) is 0.188. The Labute approximate surface area is 121 Å². The lowest BCUT2D eigenvalue weighted by molar-refractivity contribution is 0.112. The number of carbonyl (C=O) groups excluding carboxylic acids is 1. The maximum absolute atomic E-state index is 13.4. The van der Waals surface area contributed by atoms with Crippen molar-refractivity contribution in [1.82, 2.24) is 0 Å². The molecular formula is C16H12ClFO2. The molecule has 0 radical (unpaired) electrons. The highest BCUT2D eigenvalue weighted by atomic mass is 35.5. The summed E-state index contributed by atoms with van der Waals surface area (Å²) in [6.45, 7) is 0. The molecule has 20 heavy (non-hydrogen) atoms. The van der Waals surface area contributed by atoms with Crippen LogP contribution in [0.15, 0.2) is 36.4 Å². The SMILES string of the molecule is O=Cc1cc(F)cc(-c2ccc(OC3CC3)c(Cl)c2)c1. The van der Waals surface area contributed by atoms with Gasteiger partial charge in [-0.3, -0.25) is 4.79 Å². The van der Waals surface area contributed by atoms with E-state index in [1.165, 1.54) is 12.1 Å². The van der Waals surface area contributed by atoms with Crippen LogP contribution in [0, 0.1) is 5.82 Å². The number of halogens is 2. The zero-order valence-electron chi connectivity index (χ0n) is 10.6. The van der Waals surface area contributed by atoms with E-state index in [0.717, 1.165) is 18.4 Å². The maximum Gasteiger partial charge on any atom is 0.150 e. The first-order chi connectivity index (χ1) is 9.65. The average molecular weight is 291 g/mol. The molecule has 4 heteroatoms. The summed E-state index contributed by atoms with van der Waals surface area (Å²) in [4.78, 5) is 10.8. The summed E-state index contributed by atoms with van der Waals surface area (Å²) in [5, 5.41) is 0.492. The number of ether oxygens (including phenoxy) is 1. The molecule has 0 amide bonds. The van der Waals surface area contributed by atoms with Gasteiger partial charge in [0.15, 0.2) is 0 Å². The largest absolute Gasteiger partial charge is 0.489 e. The maximum atomic E-state index is 13.4. The molecule has 2 aromatic rings. The van der Waals surface area contributed by atoms with E-state index in [-0.39, 0.29) is 6.10 Å². The van der Waals surface area contributed by atoms with Gasteiger partial charge >= 0.3 is 0 Å². The summed E-state index contributed by atoms with van der Waals surface area (Å²) < 4.78 is 19.1. The van der Waals surface area contributed by atoms with E-state index in [4.69, 9.17) is 16.3 Å². The second-order valence-corrected chi connectivity index (χ2v) is 5.26. The van der Waals surface area contributed by atoms with Gasteiger partial charge in [-0.1, -0.05) is 17.7 Å². The van der Waals surface area contributed by atoms with Crippen LogP contribution in [-0.2, 0) is 0 Å². The van der Waals surface area contributed by atoms with Gasteiger partial charge in [0.1, 0.15) is 17.9 Å². The van der Waals surface area contributed by atoms with Gasteiger partial charge in [-0.25, -0.2) is 4.39 Å². The van der Waals surface area contributed by atoms with Crippen molar-refractivity contribution in [2.75, 3.05) is 0 Å². The van der Waals surface area contributed by atoms with Crippen molar-refractivity contribution in [1.29, 1.82) is 0 Å². The normalized spacial score (nSPS) is 14.1. The minimum absolute atomic E-state index is 0.272. The van der Waals surface area contributed by atoms with E-state index in [1.54, 1.807) is 18.2 Å². The minimum Gasteiger partial charge on any atom is -0.489 e. The molecule has 0 atom stereocenters. The van der Waals surface area contributed by atoms with Crippen LogP contribution >= 0.6 is 11.6 Å². The number of aldehydes is 1. The molecule has 0 heterocycles. The zero-order chi connectivity index (χ0) is 14.1. The zero-order valence-corrected chi connectivity index (χ0v) is 11.4. The van der Waals surface area contributed by atoms with Crippen molar-refractivity contribution >= 4 is 17.9 Å². The van der Waals surface area contributed by atoms with Gasteiger partial charge in [-0.05, 0) is 54.3 Å². The van der Waals surface area contributed by atoms with Crippen molar-refractivity contribution < 1.29 is 13.9 Å². The molecule has 102 valence electrons.